The van der Waals surface area contributed by atoms with Gasteiger partial charge in [-0.2, -0.15) is 0 Å². The third kappa shape index (κ3) is 4.57. The number of piperazine rings is 1. The van der Waals surface area contributed by atoms with E-state index >= 15 is 0 Å². The predicted octanol–water partition coefficient (Wildman–Crippen LogP) is 3.82. The molecule has 2 fully saturated rings. The van der Waals surface area contributed by atoms with Crippen molar-refractivity contribution in [3.63, 3.8) is 0 Å². The summed E-state index contributed by atoms with van der Waals surface area (Å²) in [5, 5.41) is 7.69. The summed E-state index contributed by atoms with van der Waals surface area (Å²) in [7, 11) is 0. The van der Waals surface area contributed by atoms with Gasteiger partial charge in [0.05, 0.1) is 11.7 Å². The van der Waals surface area contributed by atoms with Gasteiger partial charge in [-0.3, -0.25) is 4.98 Å². The van der Waals surface area contributed by atoms with Crippen LogP contribution < -0.4 is 20.3 Å². The average molecular weight is 473 g/mol. The van der Waals surface area contributed by atoms with Crippen LogP contribution in [0.1, 0.15) is 24.3 Å². The monoisotopic (exact) mass is 472 g/mol. The molecule has 0 aromatic carbocycles. The number of halogens is 1. The summed E-state index contributed by atoms with van der Waals surface area (Å²) in [6.45, 7) is 2.73. The predicted molar refractivity (Wildman–Crippen MR) is 132 cm³/mol. The summed E-state index contributed by atoms with van der Waals surface area (Å²) in [4.78, 5) is 25.5. The summed E-state index contributed by atoms with van der Waals surface area (Å²) >= 11 is 0. The number of anilines is 3. The second-order valence-electron chi connectivity index (χ2n) is 8.69. The molecular formula is C25H25FN8O. The number of hydrogen-bond donors (Lipinski definition) is 2. The highest BCUT2D eigenvalue weighted by Gasteiger charge is 2.29. The lowest BCUT2D eigenvalue weighted by Crippen LogP contribution is -2.44. The minimum absolute atomic E-state index is 0.388. The molecule has 0 bridgehead atoms. The zero-order chi connectivity index (χ0) is 23.6. The molecule has 4 aromatic rings. The molecule has 0 unspecified atom stereocenters. The number of nitrogens with one attached hydrogen (secondary N) is 2. The minimum Gasteiger partial charge on any atom is -0.463 e. The number of rotatable bonds is 7. The second-order valence-corrected chi connectivity index (χ2v) is 8.69. The van der Waals surface area contributed by atoms with Crippen LogP contribution >= 0.6 is 0 Å². The van der Waals surface area contributed by atoms with E-state index in [1.165, 1.54) is 18.4 Å². The quantitative estimate of drug-likeness (QED) is 0.416. The van der Waals surface area contributed by atoms with E-state index in [0.717, 1.165) is 48.5 Å². The average Bonchev–Trinajstić information content (AvgIpc) is 3.74. The van der Waals surface area contributed by atoms with Gasteiger partial charge in [-0.15, -0.1) is 0 Å². The molecule has 0 spiro atoms. The number of hydrogen-bond acceptors (Lipinski definition) is 9. The number of aromatic nitrogens is 5. The molecule has 178 valence electrons. The van der Waals surface area contributed by atoms with Crippen molar-refractivity contribution in [1.29, 1.82) is 0 Å². The number of fused-ring (bicyclic) bond motifs is 1. The van der Waals surface area contributed by atoms with Crippen molar-refractivity contribution in [1.82, 2.24) is 30.2 Å². The molecule has 1 aliphatic carbocycles. The van der Waals surface area contributed by atoms with Gasteiger partial charge in [-0.1, -0.05) is 0 Å². The van der Waals surface area contributed by atoms with Crippen LogP contribution in [-0.2, 0) is 0 Å². The highest BCUT2D eigenvalue weighted by atomic mass is 19.1. The van der Waals surface area contributed by atoms with E-state index in [9.17, 15) is 4.39 Å². The lowest BCUT2D eigenvalue weighted by Gasteiger charge is -2.30. The van der Waals surface area contributed by atoms with Crippen molar-refractivity contribution in [2.45, 2.75) is 18.8 Å². The third-order valence-electron chi connectivity index (χ3n) is 6.28. The van der Waals surface area contributed by atoms with E-state index in [0.29, 0.717) is 29.1 Å². The Balaban J connectivity index is 1.39. The van der Waals surface area contributed by atoms with E-state index in [1.54, 1.807) is 24.5 Å². The first kappa shape index (κ1) is 21.6. The molecule has 0 atom stereocenters. The molecule has 4 aromatic heterocycles. The summed E-state index contributed by atoms with van der Waals surface area (Å²) < 4.78 is 17.4. The number of nitrogens with zero attached hydrogens (tertiary/aromatic N) is 6. The molecule has 10 heteroatoms. The summed E-state index contributed by atoms with van der Waals surface area (Å²) in [5.74, 6) is 3.60. The van der Waals surface area contributed by atoms with Gasteiger partial charge < -0.3 is 20.3 Å². The summed E-state index contributed by atoms with van der Waals surface area (Å²) in [6.07, 6.45) is 9.45. The van der Waals surface area contributed by atoms with Gasteiger partial charge in [0, 0.05) is 61.8 Å². The van der Waals surface area contributed by atoms with E-state index in [4.69, 9.17) is 14.7 Å². The first-order valence-electron chi connectivity index (χ1n) is 11.8. The first-order valence-corrected chi connectivity index (χ1v) is 11.8. The SMILES string of the molecule is FCOc1ccnc(Nc2cc(-c3nc(N4CCNCC4)c4c(C5CC5)cncc4n3)ccn2)c1. The Hall–Kier alpha value is -3.92. The van der Waals surface area contributed by atoms with Crippen LogP contribution in [0, 0.1) is 0 Å². The van der Waals surface area contributed by atoms with E-state index in [2.05, 4.69) is 30.5 Å². The molecule has 1 aliphatic heterocycles. The Morgan fingerprint density at radius 1 is 1.03 bits per heavy atom. The first-order chi connectivity index (χ1) is 17.3. The van der Waals surface area contributed by atoms with Crippen LogP contribution in [0.2, 0.25) is 0 Å². The van der Waals surface area contributed by atoms with Crippen LogP contribution in [0.4, 0.5) is 21.8 Å². The lowest BCUT2D eigenvalue weighted by atomic mass is 10.1. The zero-order valence-electron chi connectivity index (χ0n) is 19.1. The largest absolute Gasteiger partial charge is 0.463 e. The Bertz CT molecular complexity index is 1360. The fraction of sp³-hybridized carbons (Fsp3) is 0.320. The molecule has 2 N–H and O–H groups in total. The Kier molecular flexibility index (Phi) is 5.79. The molecule has 35 heavy (non-hydrogen) atoms. The van der Waals surface area contributed by atoms with E-state index in [-0.39, 0.29) is 0 Å². The molecule has 0 radical (unpaired) electrons. The maximum Gasteiger partial charge on any atom is 0.228 e. The molecule has 0 amide bonds. The van der Waals surface area contributed by atoms with Crippen LogP contribution in [0.3, 0.4) is 0 Å². The number of ether oxygens (including phenoxy) is 1. The highest BCUT2D eigenvalue weighted by molar-refractivity contribution is 5.94. The third-order valence-corrected chi connectivity index (χ3v) is 6.28. The smallest absolute Gasteiger partial charge is 0.228 e. The van der Waals surface area contributed by atoms with E-state index < -0.39 is 6.86 Å². The van der Waals surface area contributed by atoms with Crippen molar-refractivity contribution in [2.75, 3.05) is 43.3 Å². The van der Waals surface area contributed by atoms with Crippen LogP contribution in [0.15, 0.2) is 49.1 Å². The maximum atomic E-state index is 12.5. The normalized spacial score (nSPS) is 15.9. The highest BCUT2D eigenvalue weighted by Crippen LogP contribution is 2.44. The van der Waals surface area contributed by atoms with Crippen molar-refractivity contribution < 1.29 is 9.13 Å². The van der Waals surface area contributed by atoms with Crippen molar-refractivity contribution in [2.24, 2.45) is 0 Å². The molecule has 1 saturated heterocycles. The maximum absolute atomic E-state index is 12.5. The van der Waals surface area contributed by atoms with Crippen molar-refractivity contribution >= 4 is 28.4 Å². The molecule has 9 nitrogen and oxygen atoms in total. The molecule has 6 rings (SSSR count). The topological polar surface area (TPSA) is 101 Å². The van der Waals surface area contributed by atoms with Crippen LogP contribution in [-0.4, -0.2) is 58.0 Å². The van der Waals surface area contributed by atoms with Gasteiger partial charge in [-0.05, 0) is 42.5 Å². The van der Waals surface area contributed by atoms with Crippen LogP contribution in [0.25, 0.3) is 22.3 Å². The summed E-state index contributed by atoms with van der Waals surface area (Å²) in [5.41, 5.74) is 2.94. The lowest BCUT2D eigenvalue weighted by molar-refractivity contribution is 0.191. The van der Waals surface area contributed by atoms with Crippen molar-refractivity contribution in [3.8, 4) is 17.1 Å². The second kappa shape index (κ2) is 9.38. The molecule has 1 saturated carbocycles. The Labute approximate surface area is 201 Å². The van der Waals surface area contributed by atoms with Gasteiger partial charge in [0.1, 0.15) is 23.2 Å². The minimum atomic E-state index is -0.900. The van der Waals surface area contributed by atoms with Crippen LogP contribution in [0.5, 0.6) is 5.75 Å². The Morgan fingerprint density at radius 2 is 1.83 bits per heavy atom. The van der Waals surface area contributed by atoms with Crippen molar-refractivity contribution in [3.05, 3.63) is 54.6 Å². The standard InChI is InChI=1S/C25H25FN8O/c26-15-35-18-4-6-30-22(12-18)32-21-11-17(3-5-29-21)24-31-20-14-28-13-19(16-1-2-16)23(20)25(33-24)34-9-7-27-8-10-34/h3-6,11-14,16,27H,1-2,7-10,15H2,(H,29,30,32). The molecule has 2 aliphatic rings. The zero-order valence-corrected chi connectivity index (χ0v) is 19.1. The Morgan fingerprint density at radius 3 is 2.63 bits per heavy atom. The fourth-order valence-corrected chi connectivity index (χ4v) is 4.43. The van der Waals surface area contributed by atoms with Gasteiger partial charge >= 0.3 is 0 Å². The molecular weight excluding hydrogens is 447 g/mol. The molecule has 5 heterocycles. The van der Waals surface area contributed by atoms with Gasteiger partial charge in [0.2, 0.25) is 6.86 Å². The number of alkyl halides is 1. The fourth-order valence-electron chi connectivity index (χ4n) is 4.43. The summed E-state index contributed by atoms with van der Waals surface area (Å²) in [6, 6.07) is 6.99. The van der Waals surface area contributed by atoms with Gasteiger partial charge in [-0.25, -0.2) is 24.3 Å². The van der Waals surface area contributed by atoms with Gasteiger partial charge in [0.15, 0.2) is 5.82 Å². The van der Waals surface area contributed by atoms with E-state index in [1.807, 2.05) is 24.5 Å². The number of pyridine rings is 3. The van der Waals surface area contributed by atoms with Gasteiger partial charge in [0.25, 0.3) is 0 Å².